The maximum atomic E-state index is 12.7. The van der Waals surface area contributed by atoms with Crippen LogP contribution in [0.2, 0.25) is 0 Å². The monoisotopic (exact) mass is 340 g/mol. The first-order valence-electron chi connectivity index (χ1n) is 7.81. The number of nitro groups is 1. The van der Waals surface area contributed by atoms with E-state index in [4.69, 9.17) is 4.74 Å². The van der Waals surface area contributed by atoms with E-state index in [1.54, 1.807) is 11.8 Å². The number of nitrogens with zero attached hydrogens (tertiary/aromatic N) is 2. The second-order valence-corrected chi connectivity index (χ2v) is 5.73. The van der Waals surface area contributed by atoms with E-state index in [1.807, 2.05) is 24.3 Å². The Labute approximate surface area is 144 Å². The largest absolute Gasteiger partial charge is 0.480 e. The molecule has 1 amide bonds. The lowest BCUT2D eigenvalue weighted by Gasteiger charge is -2.22. The van der Waals surface area contributed by atoms with Gasteiger partial charge in [0.15, 0.2) is 12.4 Å². The van der Waals surface area contributed by atoms with Crippen molar-refractivity contribution in [2.45, 2.75) is 19.4 Å². The van der Waals surface area contributed by atoms with Gasteiger partial charge in [0.1, 0.15) is 5.75 Å². The average Bonchev–Trinajstić information content (AvgIpc) is 3.05. The maximum absolute atomic E-state index is 12.7. The normalized spacial score (nSPS) is 13.9. The molecule has 0 N–H and O–H groups in total. The first-order valence-corrected chi connectivity index (χ1v) is 7.81. The Balaban J connectivity index is 1.79. The highest BCUT2D eigenvalue weighted by Gasteiger charge is 2.29. The fourth-order valence-corrected chi connectivity index (χ4v) is 2.88. The maximum Gasteiger partial charge on any atom is 0.270 e. The molecule has 7 nitrogen and oxygen atoms in total. The third kappa shape index (κ3) is 3.21. The van der Waals surface area contributed by atoms with Gasteiger partial charge < -0.3 is 9.64 Å². The second-order valence-electron chi connectivity index (χ2n) is 5.73. The Morgan fingerprint density at radius 2 is 2.08 bits per heavy atom. The van der Waals surface area contributed by atoms with E-state index in [9.17, 15) is 19.7 Å². The summed E-state index contributed by atoms with van der Waals surface area (Å²) in [5.41, 5.74) is 1.80. The van der Waals surface area contributed by atoms with E-state index < -0.39 is 11.0 Å². The molecule has 0 saturated heterocycles. The first kappa shape index (κ1) is 16.6. The summed E-state index contributed by atoms with van der Waals surface area (Å²) in [4.78, 5) is 35.7. The second kappa shape index (κ2) is 6.72. The predicted octanol–water partition coefficient (Wildman–Crippen LogP) is 2.76. The number of carbonyl (C=O) groups is 2. The number of anilines is 1. The fourth-order valence-electron chi connectivity index (χ4n) is 2.88. The van der Waals surface area contributed by atoms with Gasteiger partial charge in [0.25, 0.3) is 11.6 Å². The van der Waals surface area contributed by atoms with Crippen LogP contribution in [0.15, 0.2) is 42.5 Å². The van der Waals surface area contributed by atoms with Crippen LogP contribution in [0.3, 0.4) is 0 Å². The highest BCUT2D eigenvalue weighted by Crippen LogP contribution is 2.29. The van der Waals surface area contributed by atoms with Crippen molar-refractivity contribution in [3.63, 3.8) is 0 Å². The lowest BCUT2D eigenvalue weighted by Crippen LogP contribution is -2.39. The van der Waals surface area contributed by atoms with E-state index in [0.29, 0.717) is 12.8 Å². The molecule has 3 rings (SSSR count). The van der Waals surface area contributed by atoms with E-state index >= 15 is 0 Å². The molecular weight excluding hydrogens is 324 g/mol. The van der Waals surface area contributed by atoms with Crippen molar-refractivity contribution in [3.05, 3.63) is 63.7 Å². The molecule has 7 heteroatoms. The highest BCUT2D eigenvalue weighted by atomic mass is 16.6. The molecule has 0 bridgehead atoms. The molecule has 2 aromatic carbocycles. The minimum absolute atomic E-state index is 0.0377. The summed E-state index contributed by atoms with van der Waals surface area (Å²) in [6.45, 7) is 2.17. The molecule has 1 heterocycles. The summed E-state index contributed by atoms with van der Waals surface area (Å²) >= 11 is 0. The third-order valence-corrected chi connectivity index (χ3v) is 4.14. The molecule has 0 unspecified atom stereocenters. The van der Waals surface area contributed by atoms with Gasteiger partial charge in [0.2, 0.25) is 0 Å². The van der Waals surface area contributed by atoms with Crippen molar-refractivity contribution < 1.29 is 19.2 Å². The molecule has 128 valence electrons. The molecule has 0 radical (unpaired) electrons. The summed E-state index contributed by atoms with van der Waals surface area (Å²) in [6.07, 6.45) is 0.433. The molecular formula is C18H16N2O5. The predicted molar refractivity (Wildman–Crippen MR) is 91.1 cm³/mol. The number of non-ortho nitro benzene ring substituents is 1. The van der Waals surface area contributed by atoms with Gasteiger partial charge in [-0.25, -0.2) is 0 Å². The molecule has 0 saturated carbocycles. The zero-order valence-electron chi connectivity index (χ0n) is 13.5. The van der Waals surface area contributed by atoms with E-state index in [1.165, 1.54) is 12.1 Å². The molecule has 2 aromatic rings. The summed E-state index contributed by atoms with van der Waals surface area (Å²) in [5, 5.41) is 10.8. The van der Waals surface area contributed by atoms with E-state index in [-0.39, 0.29) is 22.9 Å². The third-order valence-electron chi connectivity index (χ3n) is 4.14. The molecule has 0 fully saturated rings. The van der Waals surface area contributed by atoms with Gasteiger partial charge in [-0.2, -0.15) is 0 Å². The Kier molecular flexibility index (Phi) is 4.47. The Hall–Kier alpha value is -3.22. The van der Waals surface area contributed by atoms with E-state index in [2.05, 4.69) is 0 Å². The van der Waals surface area contributed by atoms with Crippen LogP contribution < -0.4 is 9.64 Å². The van der Waals surface area contributed by atoms with Crippen LogP contribution in [0.4, 0.5) is 11.4 Å². The zero-order valence-corrected chi connectivity index (χ0v) is 13.5. The van der Waals surface area contributed by atoms with Crippen molar-refractivity contribution in [1.82, 2.24) is 0 Å². The van der Waals surface area contributed by atoms with Gasteiger partial charge in [0, 0.05) is 24.4 Å². The van der Waals surface area contributed by atoms with E-state index in [0.717, 1.165) is 23.7 Å². The smallest absolute Gasteiger partial charge is 0.270 e. The van der Waals surface area contributed by atoms with Crippen molar-refractivity contribution in [3.8, 4) is 5.75 Å². The van der Waals surface area contributed by atoms with Crippen LogP contribution >= 0.6 is 0 Å². The van der Waals surface area contributed by atoms with Gasteiger partial charge in [0.05, 0.1) is 10.5 Å². The lowest BCUT2D eigenvalue weighted by atomic mass is 10.2. The molecule has 1 atom stereocenters. The van der Waals surface area contributed by atoms with Crippen LogP contribution in [-0.2, 0) is 11.2 Å². The van der Waals surface area contributed by atoms with Gasteiger partial charge in [-0.3, -0.25) is 19.7 Å². The Morgan fingerprint density at radius 3 is 2.80 bits per heavy atom. The van der Waals surface area contributed by atoms with Crippen LogP contribution in [0, 0.1) is 10.1 Å². The number of amides is 1. The first-order chi connectivity index (χ1) is 12.0. The standard InChI is InChI=1S/C18H16N2O5/c1-12(18(22)19-9-8-13-4-2-3-5-16(13)19)25-17-7-6-15(20(23)24)10-14(17)11-21/h2-7,10-12H,8-9H2,1H3/t12-/m1/s1. The highest BCUT2D eigenvalue weighted by molar-refractivity contribution is 5.98. The zero-order chi connectivity index (χ0) is 18.0. The SMILES string of the molecule is C[C@@H](Oc1ccc([N+](=O)[O-])cc1C=O)C(=O)N1CCc2ccccc21. The molecule has 0 aromatic heterocycles. The van der Waals surface area contributed by atoms with Gasteiger partial charge >= 0.3 is 0 Å². The Bertz CT molecular complexity index is 849. The summed E-state index contributed by atoms with van der Waals surface area (Å²) in [6, 6.07) is 11.4. The quantitative estimate of drug-likeness (QED) is 0.474. The number of ether oxygens (including phenoxy) is 1. The van der Waals surface area contributed by atoms with Gasteiger partial charge in [-0.05, 0) is 31.0 Å². The minimum Gasteiger partial charge on any atom is -0.480 e. The van der Waals surface area contributed by atoms with Crippen molar-refractivity contribution in [2.24, 2.45) is 0 Å². The molecule has 0 aliphatic carbocycles. The molecule has 0 spiro atoms. The molecule has 1 aliphatic rings. The molecule has 25 heavy (non-hydrogen) atoms. The molecule has 1 aliphatic heterocycles. The van der Waals surface area contributed by atoms with Gasteiger partial charge in [-0.1, -0.05) is 18.2 Å². The van der Waals surface area contributed by atoms with Crippen LogP contribution in [0.25, 0.3) is 0 Å². The Morgan fingerprint density at radius 1 is 1.32 bits per heavy atom. The van der Waals surface area contributed by atoms with Crippen molar-refractivity contribution in [1.29, 1.82) is 0 Å². The van der Waals surface area contributed by atoms with Crippen LogP contribution in [0.1, 0.15) is 22.8 Å². The van der Waals surface area contributed by atoms with Crippen molar-refractivity contribution in [2.75, 3.05) is 11.4 Å². The average molecular weight is 340 g/mol. The van der Waals surface area contributed by atoms with Crippen LogP contribution in [0.5, 0.6) is 5.75 Å². The number of hydrogen-bond acceptors (Lipinski definition) is 5. The number of rotatable bonds is 5. The number of benzene rings is 2. The number of fused-ring (bicyclic) bond motifs is 1. The lowest BCUT2D eigenvalue weighted by molar-refractivity contribution is -0.384. The summed E-state index contributed by atoms with van der Waals surface area (Å²) in [7, 11) is 0. The summed E-state index contributed by atoms with van der Waals surface area (Å²) < 4.78 is 5.62. The van der Waals surface area contributed by atoms with Gasteiger partial charge in [-0.15, -0.1) is 0 Å². The van der Waals surface area contributed by atoms with Crippen LogP contribution in [-0.4, -0.2) is 29.8 Å². The number of carbonyl (C=O) groups excluding carboxylic acids is 2. The topological polar surface area (TPSA) is 89.7 Å². The number of aldehydes is 1. The van der Waals surface area contributed by atoms with Crippen molar-refractivity contribution >= 4 is 23.6 Å². The summed E-state index contributed by atoms with van der Waals surface area (Å²) in [5.74, 6) is -0.0749. The fraction of sp³-hybridized carbons (Fsp3) is 0.222. The number of nitro benzene ring substituents is 1. The number of para-hydroxylation sites is 1. The minimum atomic E-state index is -0.827. The number of hydrogen-bond donors (Lipinski definition) is 0.